The molecule has 0 heterocycles. The second kappa shape index (κ2) is 7.08. The largest absolute Gasteiger partial charge is 0.508 e. The summed E-state index contributed by atoms with van der Waals surface area (Å²) in [5, 5.41) is 19.2. The molecule has 2 aromatic rings. The molecule has 0 aliphatic heterocycles. The van der Waals surface area contributed by atoms with Crippen LogP contribution in [0.15, 0.2) is 42.5 Å². The Morgan fingerprint density at radius 1 is 0.652 bits per heavy atom. The first-order valence-corrected chi connectivity index (χ1v) is 8.02. The Morgan fingerprint density at radius 3 is 1.39 bits per heavy atom. The van der Waals surface area contributed by atoms with Crippen molar-refractivity contribution in [2.24, 2.45) is 0 Å². The summed E-state index contributed by atoms with van der Waals surface area (Å²) in [7, 11) is 0. The number of para-hydroxylation sites is 2. The summed E-state index contributed by atoms with van der Waals surface area (Å²) in [6.45, 7) is 14.6. The number of hydrogen-bond donors (Lipinski definition) is 2. The van der Waals surface area contributed by atoms with E-state index in [2.05, 4.69) is 41.5 Å². The van der Waals surface area contributed by atoms with Crippen LogP contribution in [0.3, 0.4) is 0 Å². The van der Waals surface area contributed by atoms with E-state index in [0.717, 1.165) is 16.7 Å². The zero-order chi connectivity index (χ0) is 17.8. The second-order valence-electron chi connectivity index (χ2n) is 7.99. The fourth-order valence-electron chi connectivity index (χ4n) is 2.32. The molecule has 0 saturated carbocycles. The molecule has 0 fully saturated rings. The van der Waals surface area contributed by atoms with E-state index in [1.54, 1.807) is 6.07 Å². The van der Waals surface area contributed by atoms with Crippen LogP contribution in [0.2, 0.25) is 0 Å². The van der Waals surface area contributed by atoms with Crippen LogP contribution in [-0.2, 0) is 10.8 Å². The monoisotopic (exact) mass is 314 g/mol. The van der Waals surface area contributed by atoms with E-state index in [-0.39, 0.29) is 10.8 Å². The fourth-order valence-corrected chi connectivity index (χ4v) is 2.32. The minimum absolute atomic E-state index is 0.00859. The molecule has 0 bridgehead atoms. The molecule has 2 N–H and O–H groups in total. The number of benzene rings is 2. The van der Waals surface area contributed by atoms with Crippen LogP contribution < -0.4 is 0 Å². The molecule has 0 aliphatic carbocycles. The van der Waals surface area contributed by atoms with Gasteiger partial charge in [-0.3, -0.25) is 0 Å². The second-order valence-corrected chi connectivity index (χ2v) is 7.99. The molecule has 0 saturated heterocycles. The summed E-state index contributed by atoms with van der Waals surface area (Å²) in [4.78, 5) is 0. The van der Waals surface area contributed by atoms with Gasteiger partial charge in [0.1, 0.15) is 11.5 Å². The smallest absolute Gasteiger partial charge is 0.123 e. The van der Waals surface area contributed by atoms with Crippen LogP contribution in [0.5, 0.6) is 11.5 Å². The highest BCUT2D eigenvalue weighted by Crippen LogP contribution is 2.38. The zero-order valence-corrected chi connectivity index (χ0v) is 15.4. The Morgan fingerprint density at radius 2 is 1.09 bits per heavy atom. The van der Waals surface area contributed by atoms with Gasteiger partial charge >= 0.3 is 0 Å². The molecule has 0 aliphatic rings. The van der Waals surface area contributed by atoms with E-state index >= 15 is 0 Å². The van der Waals surface area contributed by atoms with E-state index in [1.165, 1.54) is 0 Å². The summed E-state index contributed by atoms with van der Waals surface area (Å²) in [5.74, 6) is 0.824. The van der Waals surface area contributed by atoms with E-state index in [4.69, 9.17) is 5.11 Å². The molecule has 126 valence electrons. The highest BCUT2D eigenvalue weighted by Gasteiger charge is 2.24. The fraction of sp³-hybridized carbons (Fsp3) is 0.429. The molecule has 2 aromatic carbocycles. The van der Waals surface area contributed by atoms with Crippen molar-refractivity contribution in [2.75, 3.05) is 0 Å². The molecule has 2 heteroatoms. The Balaban J connectivity index is 0.000000277. The quantitative estimate of drug-likeness (QED) is 0.656. The Bertz CT molecular complexity index is 590. The molecule has 0 radical (unpaired) electrons. The standard InChI is InChI=1S/C14H22O.C7H8O/c1-13(2,3)10-8-7-9-11(12(10)15)14(4,5)6;1-6-4-2-3-5-7(6)8/h7-9,15H,1-6H3;2-5,8H,1H3. The average molecular weight is 314 g/mol. The van der Waals surface area contributed by atoms with Gasteiger partial charge in [-0.25, -0.2) is 0 Å². The van der Waals surface area contributed by atoms with Crippen LogP contribution >= 0.6 is 0 Å². The first-order valence-electron chi connectivity index (χ1n) is 8.02. The first kappa shape index (κ1) is 19.1. The lowest BCUT2D eigenvalue weighted by molar-refractivity contribution is 0.423. The molecular weight excluding hydrogens is 284 g/mol. The topological polar surface area (TPSA) is 40.5 Å². The van der Waals surface area contributed by atoms with Crippen molar-refractivity contribution < 1.29 is 10.2 Å². The molecule has 0 aromatic heterocycles. The number of hydrogen-bond acceptors (Lipinski definition) is 2. The van der Waals surface area contributed by atoms with Gasteiger partial charge in [0.2, 0.25) is 0 Å². The minimum atomic E-state index is -0.00859. The molecule has 0 spiro atoms. The summed E-state index contributed by atoms with van der Waals surface area (Å²) >= 11 is 0. The molecule has 0 unspecified atom stereocenters. The van der Waals surface area contributed by atoms with Crippen molar-refractivity contribution in [3.05, 3.63) is 59.2 Å². The number of phenols is 2. The normalized spacial score (nSPS) is 11.6. The maximum atomic E-state index is 10.3. The lowest BCUT2D eigenvalue weighted by Gasteiger charge is -2.26. The summed E-state index contributed by atoms with van der Waals surface area (Å²) in [6, 6.07) is 13.3. The minimum Gasteiger partial charge on any atom is -0.508 e. The van der Waals surface area contributed by atoms with Crippen molar-refractivity contribution in [3.8, 4) is 11.5 Å². The van der Waals surface area contributed by atoms with Gasteiger partial charge < -0.3 is 10.2 Å². The summed E-state index contributed by atoms with van der Waals surface area (Å²) in [5.41, 5.74) is 2.95. The third-order valence-electron chi connectivity index (χ3n) is 3.77. The maximum absolute atomic E-state index is 10.3. The summed E-state index contributed by atoms with van der Waals surface area (Å²) < 4.78 is 0. The van der Waals surface area contributed by atoms with Gasteiger partial charge in [-0.2, -0.15) is 0 Å². The highest BCUT2D eigenvalue weighted by atomic mass is 16.3. The van der Waals surface area contributed by atoms with Gasteiger partial charge in [0.05, 0.1) is 0 Å². The van der Waals surface area contributed by atoms with Crippen LogP contribution in [0.25, 0.3) is 0 Å². The zero-order valence-electron chi connectivity index (χ0n) is 15.4. The Labute approximate surface area is 140 Å². The highest BCUT2D eigenvalue weighted by molar-refractivity contribution is 5.46. The maximum Gasteiger partial charge on any atom is 0.123 e. The molecule has 0 atom stereocenters. The van der Waals surface area contributed by atoms with Crippen LogP contribution in [0.4, 0.5) is 0 Å². The van der Waals surface area contributed by atoms with E-state index < -0.39 is 0 Å². The van der Waals surface area contributed by atoms with Crippen LogP contribution in [-0.4, -0.2) is 10.2 Å². The average Bonchev–Trinajstić information content (AvgIpc) is 2.40. The lowest BCUT2D eigenvalue weighted by Crippen LogP contribution is -2.16. The van der Waals surface area contributed by atoms with Gasteiger partial charge in [-0.1, -0.05) is 77.9 Å². The lowest BCUT2D eigenvalue weighted by atomic mass is 9.80. The third kappa shape index (κ3) is 5.31. The number of rotatable bonds is 0. The van der Waals surface area contributed by atoms with Crippen molar-refractivity contribution in [1.29, 1.82) is 0 Å². The summed E-state index contributed by atoms with van der Waals surface area (Å²) in [6.07, 6.45) is 0. The molecule has 0 amide bonds. The van der Waals surface area contributed by atoms with Crippen LogP contribution in [0.1, 0.15) is 58.2 Å². The first-order chi connectivity index (χ1) is 10.4. The number of aromatic hydroxyl groups is 2. The predicted octanol–water partition coefficient (Wildman–Crippen LogP) is 5.69. The van der Waals surface area contributed by atoms with Gasteiger partial charge in [-0.05, 0) is 40.5 Å². The van der Waals surface area contributed by atoms with Crippen molar-refractivity contribution >= 4 is 0 Å². The Kier molecular flexibility index (Phi) is 5.87. The van der Waals surface area contributed by atoms with Gasteiger partial charge in [0.15, 0.2) is 0 Å². The van der Waals surface area contributed by atoms with Gasteiger partial charge in [-0.15, -0.1) is 0 Å². The van der Waals surface area contributed by atoms with Crippen molar-refractivity contribution in [2.45, 2.75) is 59.3 Å². The third-order valence-corrected chi connectivity index (χ3v) is 3.77. The van der Waals surface area contributed by atoms with Crippen molar-refractivity contribution in [1.82, 2.24) is 0 Å². The van der Waals surface area contributed by atoms with E-state index in [9.17, 15) is 5.11 Å². The molecular formula is C21H30O2. The Hall–Kier alpha value is -1.96. The van der Waals surface area contributed by atoms with Gasteiger partial charge in [0, 0.05) is 0 Å². The van der Waals surface area contributed by atoms with E-state index in [1.807, 2.05) is 43.3 Å². The SMILES string of the molecule is CC(C)(C)c1cccc(C(C)(C)C)c1O.Cc1ccccc1O. The predicted molar refractivity (Wildman–Crippen MR) is 98.4 cm³/mol. The number of aryl methyl sites for hydroxylation is 1. The van der Waals surface area contributed by atoms with Crippen LogP contribution in [0, 0.1) is 6.92 Å². The molecule has 2 rings (SSSR count). The van der Waals surface area contributed by atoms with Gasteiger partial charge in [0.25, 0.3) is 0 Å². The number of phenolic OH excluding ortho intramolecular Hbond substituents is 2. The molecule has 2 nitrogen and oxygen atoms in total. The van der Waals surface area contributed by atoms with Crippen molar-refractivity contribution in [3.63, 3.8) is 0 Å². The van der Waals surface area contributed by atoms with E-state index in [0.29, 0.717) is 11.5 Å². The molecule has 23 heavy (non-hydrogen) atoms.